The average molecular weight is 283 g/mol. The zero-order valence-electron chi connectivity index (χ0n) is 11.1. The van der Waals surface area contributed by atoms with Crippen LogP contribution in [0, 0.1) is 17.5 Å². The van der Waals surface area contributed by atoms with Gasteiger partial charge in [-0.15, -0.1) is 0 Å². The summed E-state index contributed by atoms with van der Waals surface area (Å²) < 4.78 is 39.5. The lowest BCUT2D eigenvalue weighted by Crippen LogP contribution is -2.15. The lowest BCUT2D eigenvalue weighted by atomic mass is 10.2. The van der Waals surface area contributed by atoms with Crippen LogP contribution in [-0.2, 0) is 0 Å². The van der Waals surface area contributed by atoms with Crippen molar-refractivity contribution in [1.29, 1.82) is 0 Å². The molecule has 1 aromatic carbocycles. The molecule has 0 amide bonds. The molecule has 0 atom stereocenters. The van der Waals surface area contributed by atoms with Crippen LogP contribution in [0.3, 0.4) is 0 Å². The molecule has 1 heterocycles. The van der Waals surface area contributed by atoms with Gasteiger partial charge in [0, 0.05) is 26.7 Å². The molecular weight excluding hydrogens is 271 g/mol. The fourth-order valence-corrected chi connectivity index (χ4v) is 1.49. The van der Waals surface area contributed by atoms with Crippen LogP contribution in [0.25, 0.3) is 11.4 Å². The van der Waals surface area contributed by atoms with E-state index in [0.717, 1.165) is 12.1 Å². The van der Waals surface area contributed by atoms with Gasteiger partial charge in [-0.1, -0.05) is 0 Å². The van der Waals surface area contributed by atoms with Crippen LogP contribution in [0.5, 0.6) is 0 Å². The average Bonchev–Trinajstić information content (AvgIpc) is 2.43. The summed E-state index contributed by atoms with van der Waals surface area (Å²) in [6, 6.07) is 1.68. The molecule has 0 radical (unpaired) electrons. The molecule has 0 spiro atoms. The van der Waals surface area contributed by atoms with E-state index in [2.05, 4.69) is 20.3 Å². The number of nitrogens with one attached hydrogen (secondary N) is 1. The van der Waals surface area contributed by atoms with Crippen molar-refractivity contribution >= 4 is 11.9 Å². The maximum atomic E-state index is 13.3. The first kappa shape index (κ1) is 14.0. The summed E-state index contributed by atoms with van der Waals surface area (Å²) in [6.07, 6.45) is 0. The highest BCUT2D eigenvalue weighted by molar-refractivity contribution is 5.58. The highest BCUT2D eigenvalue weighted by atomic mass is 19.2. The van der Waals surface area contributed by atoms with E-state index in [1.165, 1.54) is 0 Å². The van der Waals surface area contributed by atoms with Crippen LogP contribution in [0.2, 0.25) is 0 Å². The number of halogens is 3. The fourth-order valence-electron chi connectivity index (χ4n) is 1.49. The minimum absolute atomic E-state index is 0.0309. The predicted molar refractivity (Wildman–Crippen MR) is 69.0 cm³/mol. The summed E-state index contributed by atoms with van der Waals surface area (Å²) in [7, 11) is 5.03. The van der Waals surface area contributed by atoms with E-state index in [1.54, 1.807) is 26.0 Å². The van der Waals surface area contributed by atoms with Crippen LogP contribution < -0.4 is 10.2 Å². The van der Waals surface area contributed by atoms with Gasteiger partial charge in [0.25, 0.3) is 0 Å². The predicted octanol–water partition coefficient (Wildman–Crippen LogP) is 2.06. The molecule has 0 fully saturated rings. The Bertz CT molecular complexity index is 622. The van der Waals surface area contributed by atoms with E-state index in [-0.39, 0.29) is 17.3 Å². The Hall–Kier alpha value is -2.38. The second-order valence-corrected chi connectivity index (χ2v) is 4.18. The Kier molecular flexibility index (Phi) is 3.73. The summed E-state index contributed by atoms with van der Waals surface area (Å²) in [5.74, 6) is -3.51. The Morgan fingerprint density at radius 2 is 1.60 bits per heavy atom. The van der Waals surface area contributed by atoms with Crippen molar-refractivity contribution in [2.75, 3.05) is 31.4 Å². The first-order valence-electron chi connectivity index (χ1n) is 5.68. The second kappa shape index (κ2) is 5.32. The number of aromatic nitrogens is 3. The second-order valence-electron chi connectivity index (χ2n) is 4.18. The topological polar surface area (TPSA) is 53.9 Å². The summed E-state index contributed by atoms with van der Waals surface area (Å²) >= 11 is 0. The lowest BCUT2D eigenvalue weighted by Gasteiger charge is -2.12. The molecule has 20 heavy (non-hydrogen) atoms. The molecule has 0 aliphatic rings. The van der Waals surface area contributed by atoms with Crippen molar-refractivity contribution in [2.24, 2.45) is 0 Å². The molecule has 0 aliphatic heterocycles. The summed E-state index contributed by atoms with van der Waals surface area (Å²) in [4.78, 5) is 13.8. The maximum Gasteiger partial charge on any atom is 0.230 e. The third-order valence-corrected chi connectivity index (χ3v) is 2.49. The minimum Gasteiger partial charge on any atom is -0.357 e. The van der Waals surface area contributed by atoms with Gasteiger partial charge in [0.05, 0.1) is 0 Å². The molecule has 0 unspecified atom stereocenters. The fraction of sp³-hybridized carbons (Fsp3) is 0.250. The van der Waals surface area contributed by atoms with Crippen molar-refractivity contribution in [1.82, 2.24) is 15.0 Å². The van der Waals surface area contributed by atoms with Gasteiger partial charge in [-0.25, -0.2) is 13.2 Å². The Morgan fingerprint density at radius 1 is 1.00 bits per heavy atom. The molecule has 1 aromatic heterocycles. The lowest BCUT2D eigenvalue weighted by molar-refractivity contribution is 0.447. The Morgan fingerprint density at radius 3 is 2.10 bits per heavy atom. The van der Waals surface area contributed by atoms with Gasteiger partial charge in [0.15, 0.2) is 23.3 Å². The van der Waals surface area contributed by atoms with Crippen molar-refractivity contribution in [3.05, 3.63) is 29.6 Å². The van der Waals surface area contributed by atoms with Gasteiger partial charge in [-0.2, -0.15) is 15.0 Å². The molecule has 2 rings (SSSR count). The molecule has 0 saturated heterocycles. The van der Waals surface area contributed by atoms with Gasteiger partial charge >= 0.3 is 0 Å². The van der Waals surface area contributed by atoms with Crippen molar-refractivity contribution < 1.29 is 13.2 Å². The molecule has 0 bridgehead atoms. The number of benzene rings is 1. The molecule has 0 saturated carbocycles. The number of anilines is 2. The van der Waals surface area contributed by atoms with E-state index >= 15 is 0 Å². The largest absolute Gasteiger partial charge is 0.357 e. The first-order chi connectivity index (χ1) is 9.42. The normalized spacial score (nSPS) is 10.5. The summed E-state index contributed by atoms with van der Waals surface area (Å²) in [5.41, 5.74) is 0.0309. The van der Waals surface area contributed by atoms with E-state index in [9.17, 15) is 13.2 Å². The third kappa shape index (κ3) is 2.63. The molecule has 2 aromatic rings. The van der Waals surface area contributed by atoms with Crippen molar-refractivity contribution in [3.8, 4) is 11.4 Å². The molecule has 8 heteroatoms. The summed E-state index contributed by atoms with van der Waals surface area (Å²) in [6.45, 7) is 0. The molecule has 106 valence electrons. The standard InChI is InChI=1S/C12H12F3N5/c1-16-11-17-10(18-12(19-11)20(2)3)6-4-7(13)9(15)8(14)5-6/h4-5H,1-3H3,(H,16,17,18,19). The monoisotopic (exact) mass is 283 g/mol. The van der Waals surface area contributed by atoms with Crippen LogP contribution in [0.4, 0.5) is 25.1 Å². The molecular formula is C12H12F3N5. The van der Waals surface area contributed by atoms with Crippen LogP contribution in [0.1, 0.15) is 0 Å². The van der Waals surface area contributed by atoms with Crippen molar-refractivity contribution in [3.63, 3.8) is 0 Å². The highest BCUT2D eigenvalue weighted by Crippen LogP contribution is 2.23. The van der Waals surface area contributed by atoms with Gasteiger partial charge in [-0.3, -0.25) is 0 Å². The van der Waals surface area contributed by atoms with Gasteiger partial charge in [0.2, 0.25) is 11.9 Å². The van der Waals surface area contributed by atoms with Crippen LogP contribution in [-0.4, -0.2) is 36.1 Å². The molecule has 0 aliphatic carbocycles. The van der Waals surface area contributed by atoms with Gasteiger partial charge in [-0.05, 0) is 12.1 Å². The van der Waals surface area contributed by atoms with Gasteiger partial charge in [0.1, 0.15) is 0 Å². The van der Waals surface area contributed by atoms with Crippen molar-refractivity contribution in [2.45, 2.75) is 0 Å². The quantitative estimate of drug-likeness (QED) is 0.874. The number of rotatable bonds is 3. The molecule has 5 nitrogen and oxygen atoms in total. The first-order valence-corrected chi connectivity index (χ1v) is 5.68. The SMILES string of the molecule is CNc1nc(-c2cc(F)c(F)c(F)c2)nc(N(C)C)n1. The highest BCUT2D eigenvalue weighted by Gasteiger charge is 2.15. The Balaban J connectivity index is 2.60. The maximum absolute atomic E-state index is 13.3. The number of nitrogens with zero attached hydrogens (tertiary/aromatic N) is 4. The minimum atomic E-state index is -1.52. The third-order valence-electron chi connectivity index (χ3n) is 2.49. The number of hydrogen-bond acceptors (Lipinski definition) is 5. The van der Waals surface area contributed by atoms with E-state index in [1.807, 2.05) is 0 Å². The Labute approximate surface area is 113 Å². The van der Waals surface area contributed by atoms with Gasteiger partial charge < -0.3 is 10.2 Å². The van der Waals surface area contributed by atoms with Crippen LogP contribution in [0.15, 0.2) is 12.1 Å². The zero-order chi connectivity index (χ0) is 14.9. The zero-order valence-corrected chi connectivity index (χ0v) is 11.1. The van der Waals surface area contributed by atoms with E-state index < -0.39 is 17.5 Å². The van der Waals surface area contributed by atoms with E-state index in [0.29, 0.717) is 5.95 Å². The smallest absolute Gasteiger partial charge is 0.230 e. The van der Waals surface area contributed by atoms with Crippen LogP contribution >= 0.6 is 0 Å². The van der Waals surface area contributed by atoms with E-state index in [4.69, 9.17) is 0 Å². The summed E-state index contributed by atoms with van der Waals surface area (Å²) in [5, 5.41) is 2.72. The number of hydrogen-bond donors (Lipinski definition) is 1. The molecule has 1 N–H and O–H groups in total.